The van der Waals surface area contributed by atoms with Crippen LogP contribution in [0.2, 0.25) is 0 Å². The molecular weight excluding hydrogens is 346 g/mol. The molecule has 0 unspecified atom stereocenters. The Morgan fingerprint density at radius 3 is 2.85 bits per heavy atom. The van der Waals surface area contributed by atoms with Crippen LogP contribution in [0.3, 0.4) is 0 Å². The summed E-state index contributed by atoms with van der Waals surface area (Å²) in [6.45, 7) is 7.36. The fourth-order valence-corrected chi connectivity index (χ4v) is 4.72. The molecule has 3 aliphatic rings. The SMILES string of the molecule is CCOc1cccc2c1O[C@](C)(CCC(=O)OC)[C@H]1CC3(CNC3)CO[C@H]21. The minimum atomic E-state index is -0.512. The maximum atomic E-state index is 11.8. The van der Waals surface area contributed by atoms with Crippen molar-refractivity contribution in [3.05, 3.63) is 23.8 Å². The molecule has 0 aromatic heterocycles. The Bertz CT molecular complexity index is 717. The molecule has 6 nitrogen and oxygen atoms in total. The highest BCUT2D eigenvalue weighted by Gasteiger charge is 2.56. The number of carbonyl (C=O) groups is 1. The lowest BCUT2D eigenvalue weighted by molar-refractivity contribution is -0.183. The van der Waals surface area contributed by atoms with E-state index in [0.29, 0.717) is 19.4 Å². The molecular formula is C21H29NO5. The minimum absolute atomic E-state index is 0.0389. The predicted octanol–water partition coefficient (Wildman–Crippen LogP) is 2.86. The Morgan fingerprint density at radius 1 is 1.37 bits per heavy atom. The molecule has 1 aromatic carbocycles. The lowest BCUT2D eigenvalue weighted by Gasteiger charge is -2.56. The van der Waals surface area contributed by atoms with E-state index in [9.17, 15) is 4.79 Å². The smallest absolute Gasteiger partial charge is 0.305 e. The van der Waals surface area contributed by atoms with Crippen LogP contribution in [0.1, 0.15) is 44.8 Å². The van der Waals surface area contributed by atoms with Crippen LogP contribution in [0.15, 0.2) is 18.2 Å². The van der Waals surface area contributed by atoms with Crippen LogP contribution in [0.4, 0.5) is 0 Å². The van der Waals surface area contributed by atoms with Gasteiger partial charge in [-0.05, 0) is 32.8 Å². The Kier molecular flexibility index (Phi) is 4.80. The third-order valence-corrected chi connectivity index (χ3v) is 6.38. The van der Waals surface area contributed by atoms with Gasteiger partial charge in [-0.25, -0.2) is 0 Å². The zero-order valence-electron chi connectivity index (χ0n) is 16.4. The highest BCUT2D eigenvalue weighted by molar-refractivity contribution is 5.69. The van der Waals surface area contributed by atoms with Gasteiger partial charge in [0.15, 0.2) is 11.5 Å². The predicted molar refractivity (Wildman–Crippen MR) is 100.0 cm³/mol. The van der Waals surface area contributed by atoms with E-state index in [1.54, 1.807) is 0 Å². The summed E-state index contributed by atoms with van der Waals surface area (Å²) in [5.74, 6) is 1.47. The van der Waals surface area contributed by atoms with Crippen molar-refractivity contribution < 1.29 is 23.7 Å². The van der Waals surface area contributed by atoms with E-state index in [1.807, 2.05) is 19.1 Å². The van der Waals surface area contributed by atoms with Crippen LogP contribution in [0, 0.1) is 11.3 Å². The van der Waals surface area contributed by atoms with E-state index in [-0.39, 0.29) is 23.4 Å². The number of benzene rings is 1. The standard InChI is InChI=1S/C21H29NO5/c1-4-25-16-7-5-6-14-18-15(10-21(13-26-18)11-22-12-21)20(2,27-19(14)16)9-8-17(23)24-3/h5-7,15,18,22H,4,8-13H2,1-3H3/t15-,18+,20+/m0/s1. The average Bonchev–Trinajstić information content (AvgIpc) is 2.66. The molecule has 1 aromatic rings. The van der Waals surface area contributed by atoms with Crippen molar-refractivity contribution in [1.29, 1.82) is 0 Å². The van der Waals surface area contributed by atoms with E-state index in [4.69, 9.17) is 18.9 Å². The van der Waals surface area contributed by atoms with Gasteiger partial charge < -0.3 is 24.3 Å². The van der Waals surface area contributed by atoms with Crippen molar-refractivity contribution in [3.63, 3.8) is 0 Å². The van der Waals surface area contributed by atoms with Gasteiger partial charge in [0.1, 0.15) is 5.60 Å². The number of hydrogen-bond acceptors (Lipinski definition) is 6. The van der Waals surface area contributed by atoms with Gasteiger partial charge in [-0.1, -0.05) is 12.1 Å². The molecule has 3 atom stereocenters. The molecule has 1 N–H and O–H groups in total. The Balaban J connectivity index is 1.70. The number of nitrogens with one attached hydrogen (secondary N) is 1. The monoisotopic (exact) mass is 375 g/mol. The zero-order chi connectivity index (χ0) is 19.1. The summed E-state index contributed by atoms with van der Waals surface area (Å²) < 4.78 is 23.7. The van der Waals surface area contributed by atoms with Gasteiger partial charge >= 0.3 is 5.97 Å². The third kappa shape index (κ3) is 3.19. The van der Waals surface area contributed by atoms with Crippen LogP contribution in [0.25, 0.3) is 0 Å². The number of hydrogen-bond donors (Lipinski definition) is 1. The number of fused-ring (bicyclic) bond motifs is 3. The van der Waals surface area contributed by atoms with Crippen molar-refractivity contribution in [2.75, 3.05) is 33.4 Å². The summed E-state index contributed by atoms with van der Waals surface area (Å²) in [5, 5.41) is 3.38. The average molecular weight is 375 g/mol. The molecule has 4 rings (SSSR count). The summed E-state index contributed by atoms with van der Waals surface area (Å²) >= 11 is 0. The molecule has 0 bridgehead atoms. The molecule has 27 heavy (non-hydrogen) atoms. The van der Waals surface area contributed by atoms with Crippen molar-refractivity contribution >= 4 is 5.97 Å². The number of esters is 1. The lowest BCUT2D eigenvalue weighted by atomic mass is 9.64. The summed E-state index contributed by atoms with van der Waals surface area (Å²) in [5.41, 5.74) is 0.734. The Labute approximate surface area is 160 Å². The second-order valence-corrected chi connectivity index (χ2v) is 8.24. The first-order valence-corrected chi connectivity index (χ1v) is 9.84. The fraction of sp³-hybridized carbons (Fsp3) is 0.667. The summed E-state index contributed by atoms with van der Waals surface area (Å²) in [4.78, 5) is 11.8. The summed E-state index contributed by atoms with van der Waals surface area (Å²) in [7, 11) is 1.43. The van der Waals surface area contributed by atoms with Crippen LogP contribution in [-0.4, -0.2) is 45.0 Å². The zero-order valence-corrected chi connectivity index (χ0v) is 16.4. The maximum Gasteiger partial charge on any atom is 0.305 e. The molecule has 0 amide bonds. The molecule has 2 saturated heterocycles. The van der Waals surface area contributed by atoms with Crippen molar-refractivity contribution in [2.24, 2.45) is 11.3 Å². The highest BCUT2D eigenvalue weighted by Crippen LogP contribution is 2.57. The molecule has 0 saturated carbocycles. The quantitative estimate of drug-likeness (QED) is 0.799. The number of para-hydroxylation sites is 1. The lowest BCUT2D eigenvalue weighted by Crippen LogP contribution is -2.63. The Morgan fingerprint density at radius 2 is 2.19 bits per heavy atom. The van der Waals surface area contributed by atoms with E-state index in [0.717, 1.165) is 43.2 Å². The van der Waals surface area contributed by atoms with Crippen LogP contribution < -0.4 is 14.8 Å². The van der Waals surface area contributed by atoms with Gasteiger partial charge in [-0.15, -0.1) is 0 Å². The van der Waals surface area contributed by atoms with E-state index in [2.05, 4.69) is 18.3 Å². The molecule has 0 aliphatic carbocycles. The number of carbonyl (C=O) groups excluding carboxylic acids is 1. The molecule has 0 radical (unpaired) electrons. The fourth-order valence-electron chi connectivity index (χ4n) is 4.72. The molecule has 3 heterocycles. The van der Waals surface area contributed by atoms with E-state index in [1.165, 1.54) is 7.11 Å². The van der Waals surface area contributed by atoms with Crippen LogP contribution in [-0.2, 0) is 14.3 Å². The van der Waals surface area contributed by atoms with Crippen molar-refractivity contribution in [1.82, 2.24) is 5.32 Å². The van der Waals surface area contributed by atoms with Crippen molar-refractivity contribution in [3.8, 4) is 11.5 Å². The van der Waals surface area contributed by atoms with Gasteiger partial charge in [-0.2, -0.15) is 0 Å². The van der Waals surface area contributed by atoms with Gasteiger partial charge in [0.2, 0.25) is 0 Å². The topological polar surface area (TPSA) is 66.0 Å². The molecule has 1 spiro atoms. The van der Waals surface area contributed by atoms with Gasteiger partial charge in [0.25, 0.3) is 0 Å². The maximum absolute atomic E-state index is 11.8. The van der Waals surface area contributed by atoms with Gasteiger partial charge in [0.05, 0.1) is 26.4 Å². The van der Waals surface area contributed by atoms with Gasteiger partial charge in [-0.3, -0.25) is 4.79 Å². The third-order valence-electron chi connectivity index (χ3n) is 6.38. The largest absolute Gasteiger partial charge is 0.490 e. The summed E-state index contributed by atoms with van der Waals surface area (Å²) in [6, 6.07) is 6.01. The normalized spacial score (nSPS) is 30.5. The number of ether oxygens (including phenoxy) is 4. The molecule has 2 fully saturated rings. The van der Waals surface area contributed by atoms with Crippen LogP contribution >= 0.6 is 0 Å². The number of rotatable bonds is 5. The molecule has 6 heteroatoms. The second-order valence-electron chi connectivity index (χ2n) is 8.24. The molecule has 3 aliphatic heterocycles. The van der Waals surface area contributed by atoms with E-state index >= 15 is 0 Å². The Hall–Kier alpha value is -1.79. The van der Waals surface area contributed by atoms with E-state index < -0.39 is 5.60 Å². The van der Waals surface area contributed by atoms with Gasteiger partial charge in [0, 0.05) is 36.4 Å². The first kappa shape index (κ1) is 18.6. The number of methoxy groups -OCH3 is 1. The van der Waals surface area contributed by atoms with Crippen molar-refractivity contribution in [2.45, 2.75) is 44.8 Å². The minimum Gasteiger partial charge on any atom is -0.490 e. The first-order valence-electron chi connectivity index (χ1n) is 9.84. The van der Waals surface area contributed by atoms with Crippen LogP contribution in [0.5, 0.6) is 11.5 Å². The second kappa shape index (κ2) is 6.99. The summed E-state index contributed by atoms with van der Waals surface area (Å²) in [6.07, 6.45) is 1.91. The molecule has 148 valence electrons. The first-order chi connectivity index (χ1) is 13.0. The highest BCUT2D eigenvalue weighted by atomic mass is 16.5.